The van der Waals surface area contributed by atoms with E-state index in [0.29, 0.717) is 5.56 Å². The molecule has 0 saturated carbocycles. The quantitative estimate of drug-likeness (QED) is 0.322. The van der Waals surface area contributed by atoms with Crippen molar-refractivity contribution in [1.82, 2.24) is 15.4 Å². The first-order chi connectivity index (χ1) is 16.2. The number of primary amides is 1. The number of amides is 4. The van der Waals surface area contributed by atoms with Crippen LogP contribution in [-0.4, -0.2) is 53.8 Å². The SMILES string of the molecule is CON(C)C(=O)N1N=C(c2cc(F)ccc2F)SC1(CCN/C(N)=N\C(N)=O)c1ccccc1. The zero-order valence-electron chi connectivity index (χ0n) is 18.4. The van der Waals surface area contributed by atoms with Crippen LogP contribution in [0.15, 0.2) is 58.6 Å². The van der Waals surface area contributed by atoms with Crippen LogP contribution in [0.5, 0.6) is 0 Å². The van der Waals surface area contributed by atoms with Crippen molar-refractivity contribution in [2.24, 2.45) is 21.6 Å². The van der Waals surface area contributed by atoms with Crippen LogP contribution in [-0.2, 0) is 9.71 Å². The normalized spacial score (nSPS) is 17.9. The maximum absolute atomic E-state index is 14.6. The molecule has 5 N–H and O–H groups in total. The highest BCUT2D eigenvalue weighted by molar-refractivity contribution is 8.15. The Hall–Kier alpha value is -3.71. The first-order valence-corrected chi connectivity index (χ1v) is 10.8. The largest absolute Gasteiger partial charge is 0.370 e. The van der Waals surface area contributed by atoms with Gasteiger partial charge in [-0.1, -0.05) is 42.1 Å². The summed E-state index contributed by atoms with van der Waals surface area (Å²) in [6.45, 7) is 0.124. The van der Waals surface area contributed by atoms with Crippen LogP contribution in [0.2, 0.25) is 0 Å². The van der Waals surface area contributed by atoms with Gasteiger partial charge in [0, 0.05) is 25.6 Å². The van der Waals surface area contributed by atoms with Gasteiger partial charge in [-0.3, -0.25) is 4.84 Å². The van der Waals surface area contributed by atoms with Crippen molar-refractivity contribution in [3.63, 3.8) is 0 Å². The van der Waals surface area contributed by atoms with Crippen molar-refractivity contribution in [1.29, 1.82) is 0 Å². The van der Waals surface area contributed by atoms with Gasteiger partial charge >= 0.3 is 12.1 Å². The van der Waals surface area contributed by atoms with Gasteiger partial charge in [0.1, 0.15) is 21.5 Å². The molecule has 2 aromatic rings. The molecule has 13 heteroatoms. The average molecular weight is 492 g/mol. The first kappa shape index (κ1) is 24.9. The molecule has 0 fully saturated rings. The summed E-state index contributed by atoms with van der Waals surface area (Å²) in [6.07, 6.45) is 0.171. The fourth-order valence-electron chi connectivity index (χ4n) is 3.27. The fourth-order valence-corrected chi connectivity index (χ4v) is 4.65. The van der Waals surface area contributed by atoms with Crippen molar-refractivity contribution in [3.8, 4) is 0 Å². The molecule has 0 saturated heterocycles. The lowest BCUT2D eigenvalue weighted by atomic mass is 10.0. The Morgan fingerprint density at radius 2 is 1.94 bits per heavy atom. The summed E-state index contributed by atoms with van der Waals surface area (Å²) in [5.74, 6) is -1.55. The Morgan fingerprint density at radius 1 is 1.24 bits per heavy atom. The summed E-state index contributed by atoms with van der Waals surface area (Å²) >= 11 is 1.07. The number of halogens is 2. The molecule has 1 heterocycles. The second kappa shape index (κ2) is 10.5. The molecule has 34 heavy (non-hydrogen) atoms. The van der Waals surface area contributed by atoms with Crippen LogP contribution < -0.4 is 16.8 Å². The molecule has 0 radical (unpaired) electrons. The van der Waals surface area contributed by atoms with E-state index in [0.717, 1.165) is 40.0 Å². The molecule has 4 amide bonds. The molecule has 1 aliphatic heterocycles. The number of hydrazone groups is 1. The summed E-state index contributed by atoms with van der Waals surface area (Å²) in [6, 6.07) is 10.3. The molecule has 2 aromatic carbocycles. The Morgan fingerprint density at radius 3 is 2.59 bits per heavy atom. The van der Waals surface area contributed by atoms with Crippen LogP contribution in [0.25, 0.3) is 0 Å². The third-order valence-corrected chi connectivity index (χ3v) is 6.35. The smallest absolute Gasteiger partial charge is 0.365 e. The van der Waals surface area contributed by atoms with E-state index in [1.165, 1.54) is 14.2 Å². The van der Waals surface area contributed by atoms with Crippen LogP contribution in [0.1, 0.15) is 17.5 Å². The minimum atomic E-state index is -1.21. The van der Waals surface area contributed by atoms with Crippen molar-refractivity contribution in [3.05, 3.63) is 71.3 Å². The summed E-state index contributed by atoms with van der Waals surface area (Å²) in [4.78, 5) is 31.5. The summed E-state index contributed by atoms with van der Waals surface area (Å²) < 4.78 is 28.6. The van der Waals surface area contributed by atoms with Gasteiger partial charge in [0.05, 0.1) is 7.11 Å². The van der Waals surface area contributed by atoms with E-state index in [9.17, 15) is 18.4 Å². The molecule has 0 aromatic heterocycles. The van der Waals surface area contributed by atoms with Gasteiger partial charge < -0.3 is 16.8 Å². The molecule has 0 bridgehead atoms. The second-order valence-corrected chi connectivity index (χ2v) is 8.33. The number of hydrogen-bond donors (Lipinski definition) is 3. The van der Waals surface area contributed by atoms with Crippen LogP contribution >= 0.6 is 11.8 Å². The molecular formula is C21H23F2N7O3S. The van der Waals surface area contributed by atoms with Gasteiger partial charge in [0.25, 0.3) is 0 Å². The van der Waals surface area contributed by atoms with Gasteiger partial charge in [-0.15, -0.1) is 0 Å². The number of benzene rings is 2. The summed E-state index contributed by atoms with van der Waals surface area (Å²) in [5, 5.41) is 9.34. The standard InChI is InChI=1S/C21H23F2N7O3S/c1-29(33-2)20(32)30-21(13-6-4-3-5-7-13,10-11-26-18(24)27-19(25)31)34-17(28-30)15-12-14(22)8-9-16(15)23/h3-9,12H,10-11H2,1-2H3,(H5,24,25,26,27,31). The van der Waals surface area contributed by atoms with E-state index in [-0.39, 0.29) is 29.5 Å². The number of thioether (sulfide) groups is 1. The molecule has 0 aliphatic carbocycles. The number of carbonyl (C=O) groups excluding carboxylic acids is 2. The topological polar surface area (TPSA) is 139 Å². The van der Waals surface area contributed by atoms with Crippen molar-refractivity contribution >= 4 is 34.8 Å². The van der Waals surface area contributed by atoms with E-state index in [1.54, 1.807) is 30.3 Å². The highest BCUT2D eigenvalue weighted by Crippen LogP contribution is 2.50. The van der Waals surface area contributed by atoms with E-state index >= 15 is 0 Å². The van der Waals surface area contributed by atoms with E-state index in [1.807, 2.05) is 0 Å². The third-order valence-electron chi connectivity index (χ3n) is 4.91. The number of carbonyl (C=O) groups is 2. The highest BCUT2D eigenvalue weighted by Gasteiger charge is 2.49. The van der Waals surface area contributed by atoms with E-state index in [4.69, 9.17) is 16.3 Å². The molecular weight excluding hydrogens is 468 g/mol. The zero-order chi connectivity index (χ0) is 24.9. The third kappa shape index (κ3) is 5.26. The van der Waals surface area contributed by atoms with Gasteiger partial charge in [-0.2, -0.15) is 15.1 Å². The Bertz CT molecular complexity index is 1130. The lowest BCUT2D eigenvalue weighted by Crippen LogP contribution is -2.48. The second-order valence-electron chi connectivity index (χ2n) is 7.07. The van der Waals surface area contributed by atoms with Crippen LogP contribution in [0, 0.1) is 11.6 Å². The van der Waals surface area contributed by atoms with Gasteiger partial charge in [0.2, 0.25) is 0 Å². The van der Waals surface area contributed by atoms with Crippen molar-refractivity contribution in [2.75, 3.05) is 20.7 Å². The van der Waals surface area contributed by atoms with E-state index in [2.05, 4.69) is 15.4 Å². The average Bonchev–Trinajstić information content (AvgIpc) is 3.20. The maximum atomic E-state index is 14.6. The molecule has 0 spiro atoms. The predicted octanol–water partition coefficient (Wildman–Crippen LogP) is 2.51. The van der Waals surface area contributed by atoms with Crippen molar-refractivity contribution in [2.45, 2.75) is 11.3 Å². The number of aliphatic imine (C=N–C) groups is 1. The van der Waals surface area contributed by atoms with Gasteiger partial charge in [-0.05, 0) is 23.8 Å². The number of urea groups is 2. The minimum Gasteiger partial charge on any atom is -0.370 e. The molecule has 180 valence electrons. The highest BCUT2D eigenvalue weighted by atomic mass is 32.2. The number of hydrogen-bond acceptors (Lipinski definition) is 5. The summed E-state index contributed by atoms with van der Waals surface area (Å²) in [5.41, 5.74) is 11.2. The van der Waals surface area contributed by atoms with Crippen molar-refractivity contribution < 1.29 is 23.2 Å². The van der Waals surface area contributed by atoms with Crippen LogP contribution in [0.4, 0.5) is 18.4 Å². The predicted molar refractivity (Wildman–Crippen MR) is 124 cm³/mol. The minimum absolute atomic E-state index is 0.0940. The number of guanidine groups is 1. The lowest BCUT2D eigenvalue weighted by molar-refractivity contribution is -0.0804. The number of hydroxylamine groups is 2. The molecule has 10 nitrogen and oxygen atoms in total. The van der Waals surface area contributed by atoms with E-state index < -0.39 is 28.6 Å². The van der Waals surface area contributed by atoms with Gasteiger partial charge in [-0.25, -0.2) is 23.4 Å². The monoisotopic (exact) mass is 491 g/mol. The molecule has 1 aliphatic rings. The first-order valence-electron chi connectivity index (χ1n) is 9.96. The van der Waals surface area contributed by atoms with Crippen LogP contribution in [0.3, 0.4) is 0 Å². The Kier molecular flexibility index (Phi) is 7.68. The molecule has 3 rings (SSSR count). The number of nitrogens with one attached hydrogen (secondary N) is 1. The maximum Gasteiger partial charge on any atom is 0.365 e. The number of nitrogens with zero attached hydrogens (tertiary/aromatic N) is 4. The fraction of sp³-hybridized carbons (Fsp3) is 0.238. The van der Waals surface area contributed by atoms with Gasteiger partial charge in [0.15, 0.2) is 5.96 Å². The summed E-state index contributed by atoms with van der Waals surface area (Å²) in [7, 11) is 2.71. The Labute approximate surface area is 198 Å². The lowest BCUT2D eigenvalue weighted by Gasteiger charge is -2.37. The number of rotatable bonds is 6. The zero-order valence-corrected chi connectivity index (χ0v) is 19.2. The Balaban J connectivity index is 2.08. The molecule has 1 atom stereocenters. The number of nitrogens with two attached hydrogens (primary N) is 2. The molecule has 1 unspecified atom stereocenters.